The van der Waals surface area contributed by atoms with Crippen LogP contribution in [0.25, 0.3) is 16.3 Å². The summed E-state index contributed by atoms with van der Waals surface area (Å²) in [5, 5.41) is 15.1. The number of nitrogens with two attached hydrogens (primary N) is 1. The van der Waals surface area contributed by atoms with E-state index in [4.69, 9.17) is 29.1 Å². The van der Waals surface area contributed by atoms with Gasteiger partial charge in [-0.25, -0.2) is 4.79 Å². The molecule has 0 aliphatic carbocycles. The summed E-state index contributed by atoms with van der Waals surface area (Å²) >= 11 is 1.04. The van der Waals surface area contributed by atoms with Crippen LogP contribution in [0.15, 0.2) is 45.7 Å². The van der Waals surface area contributed by atoms with Gasteiger partial charge in [0.15, 0.2) is 5.76 Å². The molecule has 1 aliphatic rings. The third-order valence-electron chi connectivity index (χ3n) is 6.07. The molecule has 0 radical (unpaired) electrons. The fourth-order valence-corrected chi connectivity index (χ4v) is 4.84. The number of anilines is 2. The highest BCUT2D eigenvalue weighted by atomic mass is 32.1. The van der Waals surface area contributed by atoms with Crippen molar-refractivity contribution in [1.29, 1.82) is 0 Å². The monoisotopic (exact) mass is 569 g/mol. The number of nitrogen functional groups attached to an aromatic ring is 1. The van der Waals surface area contributed by atoms with Crippen LogP contribution in [0.2, 0.25) is 0 Å². The molecule has 40 heavy (non-hydrogen) atoms. The Bertz CT molecular complexity index is 1520. The van der Waals surface area contributed by atoms with Gasteiger partial charge in [-0.2, -0.15) is 9.78 Å². The Morgan fingerprint density at radius 1 is 1.15 bits per heavy atom. The van der Waals surface area contributed by atoms with Crippen LogP contribution in [0, 0.1) is 0 Å². The summed E-state index contributed by atoms with van der Waals surface area (Å²) in [4.78, 5) is 28.6. The van der Waals surface area contributed by atoms with Gasteiger partial charge in [-0.3, -0.25) is 15.0 Å². The second kappa shape index (κ2) is 12.1. The number of nitrogens with one attached hydrogen (secondary N) is 1. The van der Waals surface area contributed by atoms with E-state index in [1.807, 2.05) is 0 Å². The van der Waals surface area contributed by atoms with E-state index >= 15 is 0 Å². The van der Waals surface area contributed by atoms with E-state index in [0.29, 0.717) is 47.8 Å². The number of morpholine rings is 1. The van der Waals surface area contributed by atoms with Crippen LogP contribution in [0.4, 0.5) is 10.9 Å². The van der Waals surface area contributed by atoms with Gasteiger partial charge in [-0.1, -0.05) is 17.4 Å². The smallest absolute Gasteiger partial charge is 0.379 e. The molecule has 0 unspecified atom stereocenters. The molecule has 5 rings (SSSR count). The largest absolute Gasteiger partial charge is 0.496 e. The molecule has 0 spiro atoms. The Hall–Kier alpha value is -4.47. The van der Waals surface area contributed by atoms with Gasteiger partial charge in [0.05, 0.1) is 39.2 Å². The predicted octanol–water partition coefficient (Wildman–Crippen LogP) is 1.91. The second-order valence-corrected chi connectivity index (χ2v) is 9.45. The van der Waals surface area contributed by atoms with Crippen molar-refractivity contribution in [2.45, 2.75) is 0 Å². The fourth-order valence-electron chi connectivity index (χ4n) is 4.12. The lowest BCUT2D eigenvalue weighted by molar-refractivity contribution is 0.0320. The summed E-state index contributed by atoms with van der Waals surface area (Å²) in [7, 11) is 2.99. The third kappa shape index (κ3) is 5.75. The number of hydrogen-bond acceptors (Lipinski definition) is 13. The molecule has 3 aromatic heterocycles. The van der Waals surface area contributed by atoms with Gasteiger partial charge >= 0.3 is 5.63 Å². The number of methoxy groups -OCH3 is 2. The van der Waals surface area contributed by atoms with Crippen LogP contribution in [-0.2, 0) is 4.74 Å². The predicted molar refractivity (Wildman–Crippen MR) is 146 cm³/mol. The minimum Gasteiger partial charge on any atom is -0.496 e. The number of carbonyl (C=O) groups excluding carboxylic acids is 1. The Morgan fingerprint density at radius 2 is 1.90 bits per heavy atom. The normalized spacial score (nSPS) is 13.7. The average molecular weight is 570 g/mol. The lowest BCUT2D eigenvalue weighted by Gasteiger charge is -2.26. The number of rotatable bonds is 10. The molecule has 15 heteroatoms. The van der Waals surface area contributed by atoms with Crippen molar-refractivity contribution in [2.24, 2.45) is 0 Å². The maximum absolute atomic E-state index is 13.2. The molecule has 1 fully saturated rings. The molecule has 1 aliphatic heterocycles. The van der Waals surface area contributed by atoms with E-state index in [2.05, 4.69) is 25.5 Å². The summed E-state index contributed by atoms with van der Waals surface area (Å²) in [6, 6.07) is 8.20. The SMILES string of the molecule is COc1cccc(OC)c1-c1cc(C(=O)Nc2nnc(-n3nccc3N)s2)oc(=O)c1OCCN1CCOCC1. The maximum Gasteiger partial charge on any atom is 0.379 e. The van der Waals surface area contributed by atoms with E-state index in [1.54, 1.807) is 24.3 Å². The molecule has 4 aromatic rings. The van der Waals surface area contributed by atoms with Gasteiger partial charge < -0.3 is 29.1 Å². The first-order chi connectivity index (χ1) is 19.5. The number of hydrogen-bond donors (Lipinski definition) is 2. The Morgan fingerprint density at radius 3 is 2.58 bits per heavy atom. The van der Waals surface area contributed by atoms with Crippen LogP contribution in [0.1, 0.15) is 10.6 Å². The molecule has 14 nitrogen and oxygen atoms in total. The zero-order valence-corrected chi connectivity index (χ0v) is 22.6. The summed E-state index contributed by atoms with van der Waals surface area (Å²) < 4.78 is 29.2. The number of ether oxygens (including phenoxy) is 4. The Kier molecular flexibility index (Phi) is 8.23. The van der Waals surface area contributed by atoms with Crippen molar-refractivity contribution in [1.82, 2.24) is 24.9 Å². The minimum atomic E-state index is -0.833. The first-order valence-electron chi connectivity index (χ1n) is 12.3. The molecule has 0 saturated carbocycles. The first-order valence-corrected chi connectivity index (χ1v) is 13.1. The van der Waals surface area contributed by atoms with Gasteiger partial charge in [0.2, 0.25) is 16.0 Å². The number of carbonyl (C=O) groups is 1. The highest BCUT2D eigenvalue weighted by Crippen LogP contribution is 2.42. The molecule has 3 N–H and O–H groups in total. The van der Waals surface area contributed by atoms with Gasteiger partial charge in [0.25, 0.3) is 5.91 Å². The van der Waals surface area contributed by atoms with E-state index in [-0.39, 0.29) is 28.8 Å². The lowest BCUT2D eigenvalue weighted by Crippen LogP contribution is -2.38. The van der Waals surface area contributed by atoms with Gasteiger partial charge in [-0.05, 0) is 18.2 Å². The van der Waals surface area contributed by atoms with Crippen molar-refractivity contribution in [3.8, 4) is 33.5 Å². The molecule has 4 heterocycles. The maximum atomic E-state index is 13.2. The number of nitrogens with zero attached hydrogens (tertiary/aromatic N) is 5. The van der Waals surface area contributed by atoms with Crippen molar-refractivity contribution in [3.05, 3.63) is 52.7 Å². The van der Waals surface area contributed by atoms with E-state index < -0.39 is 11.5 Å². The van der Waals surface area contributed by atoms with Gasteiger partial charge in [0, 0.05) is 31.3 Å². The van der Waals surface area contributed by atoms with Crippen LogP contribution >= 0.6 is 11.3 Å². The lowest BCUT2D eigenvalue weighted by atomic mass is 10.0. The highest BCUT2D eigenvalue weighted by molar-refractivity contribution is 7.17. The van der Waals surface area contributed by atoms with Crippen LogP contribution in [0.3, 0.4) is 0 Å². The second-order valence-electron chi connectivity index (χ2n) is 8.49. The zero-order chi connectivity index (χ0) is 28.1. The Labute approximate surface area is 232 Å². The number of aromatic nitrogens is 4. The van der Waals surface area contributed by atoms with Crippen LogP contribution in [-0.4, -0.2) is 84.5 Å². The van der Waals surface area contributed by atoms with E-state index in [9.17, 15) is 9.59 Å². The summed E-state index contributed by atoms with van der Waals surface area (Å²) in [5.74, 6) is 0.131. The summed E-state index contributed by atoms with van der Waals surface area (Å²) in [6.45, 7) is 3.61. The number of amides is 1. The van der Waals surface area contributed by atoms with E-state index in [1.165, 1.54) is 31.2 Å². The minimum absolute atomic E-state index is 0.0695. The van der Waals surface area contributed by atoms with Crippen molar-refractivity contribution >= 4 is 28.2 Å². The molecule has 1 aromatic carbocycles. The van der Waals surface area contributed by atoms with Crippen LogP contribution in [0.5, 0.6) is 17.2 Å². The molecular formula is C25H27N7O7S. The van der Waals surface area contributed by atoms with Crippen molar-refractivity contribution < 1.29 is 28.2 Å². The standard InChI is InChI=1S/C25H27N7O7S/c1-35-16-4-3-5-17(36-2)20(16)15-14-18(39-23(34)21(15)38-13-10-31-8-11-37-12-9-31)22(33)28-24-29-30-25(40-24)32-19(26)6-7-27-32/h3-7,14H,8-13,26H2,1-2H3,(H,28,29,33). The van der Waals surface area contributed by atoms with Gasteiger partial charge in [0.1, 0.15) is 23.9 Å². The quantitative estimate of drug-likeness (QED) is 0.285. The van der Waals surface area contributed by atoms with E-state index in [0.717, 1.165) is 24.4 Å². The highest BCUT2D eigenvalue weighted by Gasteiger charge is 2.25. The molecule has 210 valence electrons. The first kappa shape index (κ1) is 27.1. The fraction of sp³-hybridized carbons (Fsp3) is 0.320. The number of benzene rings is 1. The Balaban J connectivity index is 1.47. The molecule has 1 amide bonds. The third-order valence-corrected chi connectivity index (χ3v) is 6.89. The van der Waals surface area contributed by atoms with Crippen molar-refractivity contribution in [3.63, 3.8) is 0 Å². The molecular weight excluding hydrogens is 542 g/mol. The topological polar surface area (TPSA) is 169 Å². The van der Waals surface area contributed by atoms with Crippen LogP contribution < -0.4 is 30.9 Å². The molecule has 1 saturated heterocycles. The average Bonchev–Trinajstić information content (AvgIpc) is 3.62. The zero-order valence-electron chi connectivity index (χ0n) is 21.8. The van der Waals surface area contributed by atoms with Crippen molar-refractivity contribution in [2.75, 3.05) is 64.7 Å². The summed E-state index contributed by atoms with van der Waals surface area (Å²) in [6.07, 6.45) is 1.52. The van der Waals surface area contributed by atoms with Gasteiger partial charge in [-0.15, -0.1) is 10.2 Å². The molecule has 0 bridgehead atoms. The molecule has 0 atom stereocenters. The summed E-state index contributed by atoms with van der Waals surface area (Å²) in [5.41, 5.74) is 5.74.